The number of aliphatic hydroxyl groups excluding tert-OH is 2. The standard InChI is InChI=1S/C13H16FN5O3/c1-3-13(5-20)10(21)8(14)9(22-13)7-4-16-12-11(15)17-6(2)18-19(7)12/h3-4,8-10,20-21H,1,5H2,2H3,(H2,15,17,18)/t8-,9-,10-,13+/m0/s1. The Hall–Kier alpha value is -2.10. The molecule has 1 saturated heterocycles. The van der Waals surface area contributed by atoms with Crippen molar-refractivity contribution in [1.82, 2.24) is 19.6 Å². The van der Waals surface area contributed by atoms with E-state index in [1.165, 1.54) is 16.8 Å². The average Bonchev–Trinajstić information content (AvgIpc) is 3.01. The van der Waals surface area contributed by atoms with Crippen molar-refractivity contribution in [2.45, 2.75) is 30.9 Å². The molecule has 2 aromatic rings. The molecule has 9 heteroatoms. The van der Waals surface area contributed by atoms with E-state index in [-0.39, 0.29) is 17.2 Å². The van der Waals surface area contributed by atoms with Crippen molar-refractivity contribution in [1.29, 1.82) is 0 Å². The summed E-state index contributed by atoms with van der Waals surface area (Å²) in [4.78, 5) is 8.04. The highest BCUT2D eigenvalue weighted by Gasteiger charge is 2.54. The largest absolute Gasteiger partial charge is 0.393 e. The van der Waals surface area contributed by atoms with Gasteiger partial charge in [0.1, 0.15) is 23.6 Å². The molecule has 0 saturated carbocycles. The first-order valence-corrected chi connectivity index (χ1v) is 6.65. The van der Waals surface area contributed by atoms with Gasteiger partial charge in [-0.05, 0) is 6.92 Å². The smallest absolute Gasteiger partial charge is 0.196 e. The number of rotatable bonds is 3. The van der Waals surface area contributed by atoms with Crippen LogP contribution in [0.1, 0.15) is 17.6 Å². The number of hydrogen-bond acceptors (Lipinski definition) is 7. The van der Waals surface area contributed by atoms with E-state index in [1.807, 2.05) is 0 Å². The van der Waals surface area contributed by atoms with Crippen LogP contribution >= 0.6 is 0 Å². The number of alkyl halides is 1. The van der Waals surface area contributed by atoms with Gasteiger partial charge in [-0.2, -0.15) is 5.10 Å². The summed E-state index contributed by atoms with van der Waals surface area (Å²) < 4.78 is 21.4. The molecule has 4 atom stereocenters. The van der Waals surface area contributed by atoms with E-state index >= 15 is 0 Å². The Morgan fingerprint density at radius 1 is 1.64 bits per heavy atom. The molecule has 118 valence electrons. The molecule has 3 rings (SSSR count). The summed E-state index contributed by atoms with van der Waals surface area (Å²) >= 11 is 0. The number of nitrogens with zero attached hydrogens (tertiary/aromatic N) is 4. The summed E-state index contributed by atoms with van der Waals surface area (Å²) in [5, 5.41) is 23.6. The third-order valence-corrected chi connectivity index (χ3v) is 3.84. The molecule has 1 aliphatic heterocycles. The first-order chi connectivity index (χ1) is 10.4. The van der Waals surface area contributed by atoms with Gasteiger partial charge in [-0.1, -0.05) is 6.08 Å². The van der Waals surface area contributed by atoms with Crippen LogP contribution in [0.3, 0.4) is 0 Å². The quantitative estimate of drug-likeness (QED) is 0.666. The molecule has 1 fully saturated rings. The van der Waals surface area contributed by atoms with Crippen molar-refractivity contribution in [3.05, 3.63) is 30.4 Å². The number of ether oxygens (including phenoxy) is 1. The van der Waals surface area contributed by atoms with Crippen molar-refractivity contribution in [3.63, 3.8) is 0 Å². The molecule has 0 spiro atoms. The van der Waals surface area contributed by atoms with Crippen LogP contribution in [0, 0.1) is 6.92 Å². The highest BCUT2D eigenvalue weighted by molar-refractivity contribution is 5.59. The maximum absolute atomic E-state index is 14.5. The summed E-state index contributed by atoms with van der Waals surface area (Å²) in [6.45, 7) is 4.54. The third kappa shape index (κ3) is 1.90. The lowest BCUT2D eigenvalue weighted by molar-refractivity contribution is -0.0798. The maximum Gasteiger partial charge on any atom is 0.196 e. The number of imidazole rings is 1. The zero-order valence-corrected chi connectivity index (χ0v) is 11.8. The Bertz CT molecular complexity index is 736. The zero-order valence-electron chi connectivity index (χ0n) is 11.8. The van der Waals surface area contributed by atoms with Gasteiger partial charge < -0.3 is 20.7 Å². The van der Waals surface area contributed by atoms with Crippen LogP contribution in [-0.2, 0) is 4.74 Å². The Labute approximate surface area is 125 Å². The molecule has 8 nitrogen and oxygen atoms in total. The van der Waals surface area contributed by atoms with E-state index < -0.39 is 30.6 Å². The Morgan fingerprint density at radius 3 is 2.95 bits per heavy atom. The van der Waals surface area contributed by atoms with Crippen LogP contribution in [-0.4, -0.2) is 54.3 Å². The molecule has 0 radical (unpaired) electrons. The number of nitrogen functional groups attached to an aromatic ring is 1. The number of nitrogens with two attached hydrogens (primary N) is 1. The average molecular weight is 309 g/mol. The molecule has 3 heterocycles. The number of fused-ring (bicyclic) bond motifs is 1. The lowest BCUT2D eigenvalue weighted by Gasteiger charge is -2.25. The first kappa shape index (κ1) is 14.8. The molecular formula is C13H16FN5O3. The van der Waals surface area contributed by atoms with Gasteiger partial charge in [-0.3, -0.25) is 0 Å². The predicted octanol–water partition coefficient (Wildman–Crippen LogP) is -0.298. The molecule has 0 amide bonds. The normalized spacial score (nSPS) is 31.7. The number of halogens is 1. The molecule has 22 heavy (non-hydrogen) atoms. The minimum atomic E-state index is -1.78. The van der Waals surface area contributed by atoms with Crippen LogP contribution in [0.4, 0.5) is 10.2 Å². The first-order valence-electron chi connectivity index (χ1n) is 6.65. The second-order valence-electron chi connectivity index (χ2n) is 5.21. The molecule has 0 aromatic carbocycles. The minimum Gasteiger partial charge on any atom is -0.393 e. The molecule has 0 unspecified atom stereocenters. The summed E-state index contributed by atoms with van der Waals surface area (Å²) in [6, 6.07) is 0. The van der Waals surface area contributed by atoms with Crippen LogP contribution in [0.25, 0.3) is 5.65 Å². The monoisotopic (exact) mass is 309 g/mol. The van der Waals surface area contributed by atoms with Gasteiger partial charge in [0.25, 0.3) is 0 Å². The summed E-state index contributed by atoms with van der Waals surface area (Å²) in [5.41, 5.74) is 4.74. The molecule has 2 aromatic heterocycles. The van der Waals surface area contributed by atoms with E-state index in [0.29, 0.717) is 5.82 Å². The van der Waals surface area contributed by atoms with Crippen LogP contribution < -0.4 is 5.73 Å². The lowest BCUT2D eigenvalue weighted by atomic mass is 9.96. The number of aryl methyl sites for hydroxylation is 1. The fraction of sp³-hybridized carbons (Fsp3) is 0.462. The third-order valence-electron chi connectivity index (χ3n) is 3.84. The van der Waals surface area contributed by atoms with E-state index in [2.05, 4.69) is 21.6 Å². The van der Waals surface area contributed by atoms with E-state index in [0.717, 1.165) is 0 Å². The zero-order chi connectivity index (χ0) is 16.1. The molecule has 4 N–H and O–H groups in total. The van der Waals surface area contributed by atoms with E-state index in [1.54, 1.807) is 6.92 Å². The number of anilines is 1. The van der Waals surface area contributed by atoms with Crippen molar-refractivity contribution in [2.75, 3.05) is 12.3 Å². The van der Waals surface area contributed by atoms with Crippen LogP contribution in [0.2, 0.25) is 0 Å². The highest BCUT2D eigenvalue weighted by Crippen LogP contribution is 2.42. The van der Waals surface area contributed by atoms with Crippen molar-refractivity contribution < 1.29 is 19.3 Å². The Kier molecular flexibility index (Phi) is 3.35. The topological polar surface area (TPSA) is 119 Å². The van der Waals surface area contributed by atoms with E-state index in [4.69, 9.17) is 10.5 Å². The van der Waals surface area contributed by atoms with Gasteiger partial charge in [-0.15, -0.1) is 6.58 Å². The fourth-order valence-electron chi connectivity index (χ4n) is 2.62. The lowest BCUT2D eigenvalue weighted by Crippen LogP contribution is -2.43. The van der Waals surface area contributed by atoms with Gasteiger partial charge in [0.05, 0.1) is 18.5 Å². The van der Waals surface area contributed by atoms with Crippen molar-refractivity contribution >= 4 is 11.5 Å². The van der Waals surface area contributed by atoms with E-state index in [9.17, 15) is 14.6 Å². The van der Waals surface area contributed by atoms with Gasteiger partial charge in [0.2, 0.25) is 0 Å². The molecular weight excluding hydrogens is 293 g/mol. The van der Waals surface area contributed by atoms with Crippen LogP contribution in [0.15, 0.2) is 18.9 Å². The number of hydrogen-bond donors (Lipinski definition) is 3. The summed E-state index contributed by atoms with van der Waals surface area (Å²) in [5.74, 6) is 0.542. The molecule has 1 aliphatic rings. The Morgan fingerprint density at radius 2 is 2.36 bits per heavy atom. The summed E-state index contributed by atoms with van der Waals surface area (Å²) in [7, 11) is 0. The van der Waals surface area contributed by atoms with Gasteiger partial charge in [0.15, 0.2) is 17.6 Å². The highest BCUT2D eigenvalue weighted by atomic mass is 19.1. The van der Waals surface area contributed by atoms with Gasteiger partial charge in [-0.25, -0.2) is 18.9 Å². The number of aliphatic hydroxyl groups is 2. The molecule has 0 bridgehead atoms. The molecule has 0 aliphatic carbocycles. The Balaban J connectivity index is 2.11. The van der Waals surface area contributed by atoms with Gasteiger partial charge in [0, 0.05) is 0 Å². The predicted molar refractivity (Wildman–Crippen MR) is 74.7 cm³/mol. The van der Waals surface area contributed by atoms with Gasteiger partial charge >= 0.3 is 0 Å². The van der Waals surface area contributed by atoms with Crippen molar-refractivity contribution in [2.24, 2.45) is 0 Å². The minimum absolute atomic E-state index is 0.157. The second-order valence-corrected chi connectivity index (χ2v) is 5.21. The SMILES string of the molecule is C=C[C@]1(CO)O[C@@H](c2cnc3c(N)nc(C)nn23)[C@H](F)[C@@H]1O. The number of aromatic nitrogens is 4. The van der Waals surface area contributed by atoms with Crippen molar-refractivity contribution in [3.8, 4) is 0 Å². The fourth-order valence-corrected chi connectivity index (χ4v) is 2.62. The second kappa shape index (κ2) is 4.97. The summed E-state index contributed by atoms with van der Waals surface area (Å²) in [6.07, 6.45) is -1.93. The maximum atomic E-state index is 14.5. The van der Waals surface area contributed by atoms with Crippen LogP contribution in [0.5, 0.6) is 0 Å².